The van der Waals surface area contributed by atoms with Crippen molar-refractivity contribution in [1.82, 2.24) is 20.2 Å². The monoisotopic (exact) mass is 391 g/mol. The van der Waals surface area contributed by atoms with Gasteiger partial charge < -0.3 is 5.32 Å². The van der Waals surface area contributed by atoms with Crippen molar-refractivity contribution >= 4 is 34.8 Å². The van der Waals surface area contributed by atoms with E-state index in [-0.39, 0.29) is 15.6 Å². The van der Waals surface area contributed by atoms with E-state index >= 15 is 0 Å². The van der Waals surface area contributed by atoms with Gasteiger partial charge in [0.05, 0.1) is 21.7 Å². The van der Waals surface area contributed by atoms with E-state index in [1.54, 1.807) is 22.9 Å². The highest BCUT2D eigenvalue weighted by atomic mass is 35.5. The van der Waals surface area contributed by atoms with Gasteiger partial charge >= 0.3 is 0 Å². The van der Waals surface area contributed by atoms with E-state index < -0.39 is 11.7 Å². The maximum Gasteiger partial charge on any atom is 0.257 e. The van der Waals surface area contributed by atoms with Crippen molar-refractivity contribution in [3.05, 3.63) is 57.8 Å². The van der Waals surface area contributed by atoms with Crippen molar-refractivity contribution in [3.63, 3.8) is 0 Å². The van der Waals surface area contributed by atoms with Crippen molar-refractivity contribution < 1.29 is 9.18 Å². The molecule has 4 rings (SSSR count). The fourth-order valence-electron chi connectivity index (χ4n) is 2.58. The van der Waals surface area contributed by atoms with Crippen molar-refractivity contribution in [2.75, 3.05) is 5.32 Å². The molecule has 0 bridgehead atoms. The molecule has 1 heterocycles. The number of carbonyl (C=O) groups is 1. The molecule has 0 spiro atoms. The van der Waals surface area contributed by atoms with Crippen LogP contribution in [0.4, 0.5) is 10.1 Å². The lowest BCUT2D eigenvalue weighted by molar-refractivity contribution is 0.102. The summed E-state index contributed by atoms with van der Waals surface area (Å²) < 4.78 is 15.4. The number of carbonyl (C=O) groups excluding carboxylic acids is 1. The van der Waals surface area contributed by atoms with Gasteiger partial charge in [-0.05, 0) is 47.5 Å². The smallest absolute Gasteiger partial charge is 0.257 e. The van der Waals surface area contributed by atoms with Crippen LogP contribution >= 0.6 is 23.2 Å². The summed E-state index contributed by atoms with van der Waals surface area (Å²) in [6.07, 6.45) is 2.10. The zero-order chi connectivity index (χ0) is 18.3. The first kappa shape index (κ1) is 16.9. The number of halogens is 3. The molecule has 9 heteroatoms. The van der Waals surface area contributed by atoms with Crippen molar-refractivity contribution in [1.29, 1.82) is 0 Å². The van der Waals surface area contributed by atoms with Gasteiger partial charge in [-0.2, -0.15) is 0 Å². The number of rotatable bonds is 4. The summed E-state index contributed by atoms with van der Waals surface area (Å²) in [4.78, 5) is 12.4. The van der Waals surface area contributed by atoms with Crippen molar-refractivity contribution in [3.8, 4) is 11.4 Å². The molecular weight excluding hydrogens is 380 g/mol. The second-order valence-corrected chi connectivity index (χ2v) is 6.77. The molecule has 0 unspecified atom stereocenters. The Morgan fingerprint density at radius 3 is 2.77 bits per heavy atom. The number of hydrogen-bond donors (Lipinski definition) is 1. The van der Waals surface area contributed by atoms with Crippen LogP contribution in [0.2, 0.25) is 10.0 Å². The van der Waals surface area contributed by atoms with E-state index in [4.69, 9.17) is 23.2 Å². The minimum absolute atomic E-state index is 0.00165. The molecule has 3 aromatic rings. The fourth-order valence-corrected chi connectivity index (χ4v) is 3.05. The Morgan fingerprint density at radius 1 is 1.19 bits per heavy atom. The Balaban J connectivity index is 1.60. The van der Waals surface area contributed by atoms with E-state index in [2.05, 4.69) is 20.8 Å². The molecule has 2 aromatic carbocycles. The van der Waals surface area contributed by atoms with E-state index in [0.717, 1.165) is 24.5 Å². The lowest BCUT2D eigenvalue weighted by atomic mass is 10.1. The molecule has 0 atom stereocenters. The Morgan fingerprint density at radius 2 is 2.00 bits per heavy atom. The number of hydrogen-bond acceptors (Lipinski definition) is 4. The van der Waals surface area contributed by atoms with Gasteiger partial charge in [0.2, 0.25) is 0 Å². The second kappa shape index (κ2) is 6.66. The van der Waals surface area contributed by atoms with Crippen LogP contribution in [-0.2, 0) is 0 Å². The molecule has 1 fully saturated rings. The number of benzene rings is 2. The lowest BCUT2D eigenvalue weighted by Gasteiger charge is -2.09. The normalized spacial score (nSPS) is 13.7. The summed E-state index contributed by atoms with van der Waals surface area (Å²) >= 11 is 11.7. The Kier molecular flexibility index (Phi) is 4.34. The van der Waals surface area contributed by atoms with Gasteiger partial charge in [0, 0.05) is 11.3 Å². The third-order valence-electron chi connectivity index (χ3n) is 4.02. The standard InChI is InChI=1S/C17H12Cl2FN5O/c18-13-8-14(19)15(20)7-12(13)17(26)21-10-3-1-2-9(6-10)16-22-23-24-25(16)11-4-5-11/h1-3,6-8,11H,4-5H2,(H,21,26). The van der Waals surface area contributed by atoms with Gasteiger partial charge in [-0.15, -0.1) is 5.10 Å². The van der Waals surface area contributed by atoms with Gasteiger partial charge in [0.1, 0.15) is 5.82 Å². The van der Waals surface area contributed by atoms with E-state index in [0.29, 0.717) is 17.6 Å². The van der Waals surface area contributed by atoms with Crippen LogP contribution in [0, 0.1) is 5.82 Å². The summed E-state index contributed by atoms with van der Waals surface area (Å²) in [5.41, 5.74) is 1.29. The molecule has 6 nitrogen and oxygen atoms in total. The number of tetrazole rings is 1. The average molecular weight is 392 g/mol. The first-order valence-electron chi connectivity index (χ1n) is 7.87. The number of amides is 1. The van der Waals surface area contributed by atoms with Gasteiger partial charge in [0.15, 0.2) is 5.82 Å². The minimum atomic E-state index is -0.710. The second-order valence-electron chi connectivity index (χ2n) is 5.96. The molecule has 1 aliphatic rings. The highest BCUT2D eigenvalue weighted by Gasteiger charge is 2.28. The molecular formula is C17H12Cl2FN5O. The quantitative estimate of drug-likeness (QED) is 0.670. The third kappa shape index (κ3) is 3.27. The first-order chi connectivity index (χ1) is 12.5. The maximum atomic E-state index is 13.6. The number of nitrogens with zero attached hydrogens (tertiary/aromatic N) is 4. The van der Waals surface area contributed by atoms with Crippen molar-refractivity contribution in [2.24, 2.45) is 0 Å². The van der Waals surface area contributed by atoms with Crippen LogP contribution in [0.5, 0.6) is 0 Å². The SMILES string of the molecule is O=C(Nc1cccc(-c2nnnn2C2CC2)c1)c1cc(F)c(Cl)cc1Cl. The van der Waals surface area contributed by atoms with Crippen molar-refractivity contribution in [2.45, 2.75) is 18.9 Å². The number of anilines is 1. The highest BCUT2D eigenvalue weighted by Crippen LogP contribution is 2.36. The molecule has 0 saturated heterocycles. The maximum absolute atomic E-state index is 13.6. The summed E-state index contributed by atoms with van der Waals surface area (Å²) in [7, 11) is 0. The number of nitrogens with one attached hydrogen (secondary N) is 1. The van der Waals surface area contributed by atoms with Crippen LogP contribution in [-0.4, -0.2) is 26.1 Å². The van der Waals surface area contributed by atoms with E-state index in [9.17, 15) is 9.18 Å². The van der Waals surface area contributed by atoms with Crippen LogP contribution in [0.15, 0.2) is 36.4 Å². The topological polar surface area (TPSA) is 72.7 Å². The molecule has 0 radical (unpaired) electrons. The molecule has 1 amide bonds. The predicted octanol–water partition coefficient (Wildman–Crippen LogP) is 4.37. The Labute approximate surface area is 157 Å². The predicted molar refractivity (Wildman–Crippen MR) is 95.9 cm³/mol. The van der Waals surface area contributed by atoms with Gasteiger partial charge in [-0.3, -0.25) is 4.79 Å². The third-order valence-corrected chi connectivity index (χ3v) is 4.62. The summed E-state index contributed by atoms with van der Waals surface area (Å²) in [6.45, 7) is 0. The Bertz CT molecular complexity index is 1000. The lowest BCUT2D eigenvalue weighted by Crippen LogP contribution is -2.13. The highest BCUT2D eigenvalue weighted by molar-refractivity contribution is 6.37. The molecule has 1 aliphatic carbocycles. The summed E-state index contributed by atoms with van der Waals surface area (Å²) in [5, 5.41) is 14.5. The average Bonchev–Trinajstić information content (AvgIpc) is 3.35. The number of aromatic nitrogens is 4. The molecule has 132 valence electrons. The van der Waals surface area contributed by atoms with Crippen LogP contribution in [0.1, 0.15) is 29.2 Å². The molecule has 0 aliphatic heterocycles. The zero-order valence-corrected chi connectivity index (χ0v) is 14.8. The van der Waals surface area contributed by atoms with E-state index in [1.807, 2.05) is 6.07 Å². The summed E-state index contributed by atoms with van der Waals surface area (Å²) in [6, 6.07) is 9.64. The molecule has 1 saturated carbocycles. The molecule has 1 N–H and O–H groups in total. The van der Waals surface area contributed by atoms with Crippen LogP contribution < -0.4 is 5.32 Å². The molecule has 26 heavy (non-hydrogen) atoms. The summed E-state index contributed by atoms with van der Waals surface area (Å²) in [5.74, 6) is -0.609. The van der Waals surface area contributed by atoms with E-state index in [1.165, 1.54) is 6.07 Å². The van der Waals surface area contributed by atoms with Gasteiger partial charge in [0.25, 0.3) is 5.91 Å². The zero-order valence-electron chi connectivity index (χ0n) is 13.3. The first-order valence-corrected chi connectivity index (χ1v) is 8.62. The van der Waals surface area contributed by atoms with Gasteiger partial charge in [-0.25, -0.2) is 9.07 Å². The largest absolute Gasteiger partial charge is 0.322 e. The van der Waals surface area contributed by atoms with Crippen LogP contribution in [0.3, 0.4) is 0 Å². The fraction of sp³-hybridized carbons (Fsp3) is 0.176. The van der Waals surface area contributed by atoms with Gasteiger partial charge in [-0.1, -0.05) is 35.3 Å². The van der Waals surface area contributed by atoms with Crippen LogP contribution in [0.25, 0.3) is 11.4 Å². The minimum Gasteiger partial charge on any atom is -0.322 e. The Hall–Kier alpha value is -2.51. The molecule has 1 aromatic heterocycles.